The smallest absolute Gasteiger partial charge is 0.379 e. The SMILES string of the molecule is CCN(CC(O)(CC(F)(F)F)C(F)(F)F)C(C)C. The monoisotopic (exact) mass is 281 g/mol. The van der Waals surface area contributed by atoms with Gasteiger partial charge in [-0.1, -0.05) is 6.92 Å². The Balaban J connectivity index is 5.12. The Hall–Kier alpha value is -0.500. The first-order valence-corrected chi connectivity index (χ1v) is 5.42. The lowest BCUT2D eigenvalue weighted by Gasteiger charge is -2.37. The molecule has 1 unspecified atom stereocenters. The zero-order valence-corrected chi connectivity index (χ0v) is 10.4. The number of nitrogens with zero attached hydrogens (tertiary/aromatic N) is 1. The summed E-state index contributed by atoms with van der Waals surface area (Å²) in [5, 5.41) is 9.35. The van der Waals surface area contributed by atoms with Gasteiger partial charge in [0, 0.05) is 12.6 Å². The Morgan fingerprint density at radius 3 is 1.72 bits per heavy atom. The van der Waals surface area contributed by atoms with E-state index in [2.05, 4.69) is 0 Å². The Kier molecular flexibility index (Phi) is 5.49. The fourth-order valence-electron chi connectivity index (χ4n) is 1.57. The summed E-state index contributed by atoms with van der Waals surface area (Å²) in [7, 11) is 0. The maximum absolute atomic E-state index is 12.6. The van der Waals surface area contributed by atoms with Gasteiger partial charge in [0.2, 0.25) is 0 Å². The van der Waals surface area contributed by atoms with Gasteiger partial charge in [-0.25, -0.2) is 0 Å². The van der Waals surface area contributed by atoms with Crippen LogP contribution in [0.5, 0.6) is 0 Å². The van der Waals surface area contributed by atoms with E-state index in [1.165, 1.54) is 6.92 Å². The van der Waals surface area contributed by atoms with Crippen LogP contribution in [-0.4, -0.2) is 47.1 Å². The molecule has 0 heterocycles. The first-order chi connectivity index (χ1) is 7.82. The van der Waals surface area contributed by atoms with Crippen LogP contribution in [0.3, 0.4) is 0 Å². The third-order valence-corrected chi connectivity index (χ3v) is 2.62. The van der Waals surface area contributed by atoms with Crippen LogP contribution in [0.15, 0.2) is 0 Å². The molecule has 18 heavy (non-hydrogen) atoms. The molecule has 0 aliphatic rings. The molecule has 0 saturated carbocycles. The third-order valence-electron chi connectivity index (χ3n) is 2.62. The number of halogens is 6. The lowest BCUT2D eigenvalue weighted by molar-refractivity contribution is -0.298. The van der Waals surface area contributed by atoms with Crippen molar-refractivity contribution in [2.45, 2.75) is 51.2 Å². The van der Waals surface area contributed by atoms with Crippen molar-refractivity contribution in [3.63, 3.8) is 0 Å². The first kappa shape index (κ1) is 17.5. The topological polar surface area (TPSA) is 23.5 Å². The van der Waals surface area contributed by atoms with Crippen LogP contribution in [0.4, 0.5) is 26.3 Å². The van der Waals surface area contributed by atoms with E-state index in [1.807, 2.05) is 0 Å². The molecule has 1 atom stereocenters. The van der Waals surface area contributed by atoms with Crippen LogP contribution in [-0.2, 0) is 0 Å². The highest BCUT2D eigenvalue weighted by atomic mass is 19.4. The molecule has 0 aliphatic heterocycles. The van der Waals surface area contributed by atoms with Crippen LogP contribution in [0, 0.1) is 0 Å². The summed E-state index contributed by atoms with van der Waals surface area (Å²) in [5.41, 5.74) is -3.77. The van der Waals surface area contributed by atoms with Crippen molar-refractivity contribution in [1.29, 1.82) is 0 Å². The van der Waals surface area contributed by atoms with Gasteiger partial charge in [-0.3, -0.25) is 4.90 Å². The molecule has 110 valence electrons. The highest BCUT2D eigenvalue weighted by Gasteiger charge is 2.59. The number of likely N-dealkylation sites (N-methyl/N-ethyl adjacent to an activating group) is 1. The molecule has 2 nitrogen and oxygen atoms in total. The molecular weight excluding hydrogens is 264 g/mol. The van der Waals surface area contributed by atoms with Crippen LogP contribution in [0.1, 0.15) is 27.2 Å². The fourth-order valence-corrected chi connectivity index (χ4v) is 1.57. The molecule has 0 amide bonds. The summed E-state index contributed by atoms with van der Waals surface area (Å²) in [4.78, 5) is 1.14. The van der Waals surface area contributed by atoms with Crippen LogP contribution >= 0.6 is 0 Å². The second-order valence-corrected chi connectivity index (χ2v) is 4.48. The number of rotatable bonds is 5. The number of aliphatic hydroxyl groups is 1. The maximum atomic E-state index is 12.6. The van der Waals surface area contributed by atoms with E-state index < -0.39 is 37.0 Å². The van der Waals surface area contributed by atoms with Crippen LogP contribution in [0.2, 0.25) is 0 Å². The zero-order valence-electron chi connectivity index (χ0n) is 10.4. The van der Waals surface area contributed by atoms with Gasteiger partial charge in [-0.2, -0.15) is 26.3 Å². The largest absolute Gasteiger partial charge is 0.418 e. The van der Waals surface area contributed by atoms with E-state index in [1.54, 1.807) is 13.8 Å². The fraction of sp³-hybridized carbons (Fsp3) is 1.00. The van der Waals surface area contributed by atoms with E-state index >= 15 is 0 Å². The Morgan fingerprint density at radius 2 is 1.50 bits per heavy atom. The Bertz CT molecular complexity index is 262. The number of alkyl halides is 6. The molecule has 0 spiro atoms. The van der Waals surface area contributed by atoms with Crippen LogP contribution < -0.4 is 0 Å². The zero-order chi connectivity index (χ0) is 14.8. The summed E-state index contributed by atoms with van der Waals surface area (Å²) < 4.78 is 74.3. The second-order valence-electron chi connectivity index (χ2n) is 4.48. The minimum absolute atomic E-state index is 0.119. The van der Waals surface area contributed by atoms with Crippen molar-refractivity contribution in [1.82, 2.24) is 4.90 Å². The Labute approximate surface area is 102 Å². The molecule has 0 aromatic heterocycles. The van der Waals surface area contributed by atoms with E-state index in [4.69, 9.17) is 0 Å². The lowest BCUT2D eigenvalue weighted by atomic mass is 9.97. The van der Waals surface area contributed by atoms with Gasteiger partial charge < -0.3 is 5.11 Å². The van der Waals surface area contributed by atoms with Crippen molar-refractivity contribution < 1.29 is 31.4 Å². The third kappa shape index (κ3) is 5.01. The normalized spacial score (nSPS) is 17.3. The standard InChI is InChI=1S/C10H17F6NO/c1-4-17(7(2)3)6-8(18,10(14,15)16)5-9(11,12)13/h7,18H,4-6H2,1-3H3. The summed E-state index contributed by atoms with van der Waals surface area (Å²) >= 11 is 0. The maximum Gasteiger partial charge on any atom is 0.418 e. The van der Waals surface area contributed by atoms with Gasteiger partial charge in [-0.05, 0) is 20.4 Å². The summed E-state index contributed by atoms with van der Waals surface area (Å²) in [6.45, 7) is 3.64. The van der Waals surface area contributed by atoms with E-state index in [0.29, 0.717) is 0 Å². The number of hydrogen-bond donors (Lipinski definition) is 1. The predicted octanol–water partition coefficient (Wildman–Crippen LogP) is 2.96. The van der Waals surface area contributed by atoms with Gasteiger partial charge in [0.1, 0.15) is 0 Å². The Morgan fingerprint density at radius 1 is 1.06 bits per heavy atom. The predicted molar refractivity (Wildman–Crippen MR) is 54.1 cm³/mol. The van der Waals surface area contributed by atoms with Gasteiger partial charge in [-0.15, -0.1) is 0 Å². The minimum atomic E-state index is -5.33. The molecule has 0 saturated heterocycles. The van der Waals surface area contributed by atoms with E-state index in [-0.39, 0.29) is 6.54 Å². The average molecular weight is 281 g/mol. The molecule has 0 aliphatic carbocycles. The van der Waals surface area contributed by atoms with Gasteiger partial charge in [0.15, 0.2) is 5.60 Å². The van der Waals surface area contributed by atoms with Gasteiger partial charge in [0.05, 0.1) is 6.42 Å². The van der Waals surface area contributed by atoms with Crippen molar-refractivity contribution >= 4 is 0 Å². The van der Waals surface area contributed by atoms with E-state index in [9.17, 15) is 31.4 Å². The lowest BCUT2D eigenvalue weighted by Crippen LogP contribution is -2.56. The molecule has 8 heteroatoms. The summed E-state index contributed by atoms with van der Waals surface area (Å²) in [5.74, 6) is 0. The van der Waals surface area contributed by atoms with Gasteiger partial charge >= 0.3 is 12.4 Å². The van der Waals surface area contributed by atoms with Crippen molar-refractivity contribution in [3.05, 3.63) is 0 Å². The van der Waals surface area contributed by atoms with Crippen LogP contribution in [0.25, 0.3) is 0 Å². The summed E-state index contributed by atoms with van der Waals surface area (Å²) in [6.07, 6.45) is -12.7. The minimum Gasteiger partial charge on any atom is -0.379 e. The molecule has 0 aromatic rings. The summed E-state index contributed by atoms with van der Waals surface area (Å²) in [6, 6.07) is -0.392. The molecule has 0 bridgehead atoms. The molecule has 0 radical (unpaired) electrons. The quantitative estimate of drug-likeness (QED) is 0.783. The van der Waals surface area contributed by atoms with Crippen molar-refractivity contribution in [2.24, 2.45) is 0 Å². The highest BCUT2D eigenvalue weighted by Crippen LogP contribution is 2.39. The van der Waals surface area contributed by atoms with Crippen molar-refractivity contribution in [3.8, 4) is 0 Å². The van der Waals surface area contributed by atoms with Gasteiger partial charge in [0.25, 0.3) is 0 Å². The molecule has 1 N–H and O–H groups in total. The highest BCUT2D eigenvalue weighted by molar-refractivity contribution is 4.92. The molecular formula is C10H17F6NO. The number of hydrogen-bond acceptors (Lipinski definition) is 2. The molecule has 0 aromatic carbocycles. The molecule has 0 fully saturated rings. The first-order valence-electron chi connectivity index (χ1n) is 5.42. The molecule has 0 rings (SSSR count). The second kappa shape index (κ2) is 5.64. The van der Waals surface area contributed by atoms with E-state index in [0.717, 1.165) is 4.90 Å². The average Bonchev–Trinajstić information content (AvgIpc) is 2.08. The van der Waals surface area contributed by atoms with Crippen molar-refractivity contribution in [2.75, 3.05) is 13.1 Å².